The molecule has 108 valence electrons. The summed E-state index contributed by atoms with van der Waals surface area (Å²) < 4.78 is 0. The van der Waals surface area contributed by atoms with Crippen LogP contribution in [0.25, 0.3) is 0 Å². The van der Waals surface area contributed by atoms with E-state index in [1.807, 2.05) is 0 Å². The normalized spacial score (nSPS) is 57.7. The molecular formula is C17H28O2. The standard InChI is InChI=1S/C17H28O2/c1-10-5-6-11(2)17(10)9-13-8-14(18)7-12(3)16(13,4)15(17)19/h11-15,18-19H,1,5-9H2,2-4H3/t11-,12-,13+,14-,15-,16+,17+/m1/s1. The van der Waals surface area contributed by atoms with Crippen LogP contribution in [0.15, 0.2) is 12.2 Å². The van der Waals surface area contributed by atoms with E-state index in [4.69, 9.17) is 0 Å². The first-order valence-corrected chi connectivity index (χ1v) is 7.87. The number of hydrogen-bond donors (Lipinski definition) is 2. The van der Waals surface area contributed by atoms with E-state index in [9.17, 15) is 10.2 Å². The van der Waals surface area contributed by atoms with E-state index in [1.165, 1.54) is 5.57 Å². The molecule has 19 heavy (non-hydrogen) atoms. The minimum absolute atomic E-state index is 0.0409. The molecule has 2 heteroatoms. The van der Waals surface area contributed by atoms with Gasteiger partial charge in [0.2, 0.25) is 0 Å². The van der Waals surface area contributed by atoms with Crippen LogP contribution in [0.4, 0.5) is 0 Å². The Morgan fingerprint density at radius 1 is 1.16 bits per heavy atom. The summed E-state index contributed by atoms with van der Waals surface area (Å²) in [6, 6.07) is 0. The van der Waals surface area contributed by atoms with Gasteiger partial charge < -0.3 is 10.2 Å². The monoisotopic (exact) mass is 264 g/mol. The van der Waals surface area contributed by atoms with Gasteiger partial charge in [-0.1, -0.05) is 32.9 Å². The van der Waals surface area contributed by atoms with Gasteiger partial charge in [0.25, 0.3) is 0 Å². The third-order valence-electron chi connectivity index (χ3n) is 7.20. The molecule has 0 radical (unpaired) electrons. The molecule has 0 amide bonds. The summed E-state index contributed by atoms with van der Waals surface area (Å²) in [5, 5.41) is 21.3. The smallest absolute Gasteiger partial charge is 0.0694 e. The molecule has 2 nitrogen and oxygen atoms in total. The van der Waals surface area contributed by atoms with Gasteiger partial charge in [0.15, 0.2) is 0 Å². The molecule has 0 aromatic heterocycles. The summed E-state index contributed by atoms with van der Waals surface area (Å²) in [7, 11) is 0. The topological polar surface area (TPSA) is 40.5 Å². The highest BCUT2D eigenvalue weighted by atomic mass is 16.3. The summed E-state index contributed by atoms with van der Waals surface area (Å²) in [6.07, 6.45) is 4.50. The number of rotatable bonds is 0. The molecular weight excluding hydrogens is 236 g/mol. The largest absolute Gasteiger partial charge is 0.393 e. The predicted octanol–water partition coefficient (Wildman–Crippen LogP) is 3.14. The molecule has 3 aliphatic rings. The second-order valence-electron chi connectivity index (χ2n) is 7.78. The van der Waals surface area contributed by atoms with E-state index in [0.29, 0.717) is 17.8 Å². The molecule has 7 atom stereocenters. The van der Waals surface area contributed by atoms with Crippen LogP contribution in [0.2, 0.25) is 0 Å². The highest BCUT2D eigenvalue weighted by molar-refractivity contribution is 5.28. The lowest BCUT2D eigenvalue weighted by molar-refractivity contribution is -0.0869. The number of aliphatic hydroxyl groups excluding tert-OH is 2. The second-order valence-corrected chi connectivity index (χ2v) is 7.78. The van der Waals surface area contributed by atoms with Crippen LogP contribution in [-0.2, 0) is 0 Å². The fraction of sp³-hybridized carbons (Fsp3) is 0.882. The molecule has 1 spiro atoms. The first-order valence-electron chi connectivity index (χ1n) is 7.87. The van der Waals surface area contributed by atoms with Crippen LogP contribution in [0.3, 0.4) is 0 Å². The molecule has 3 aliphatic carbocycles. The van der Waals surface area contributed by atoms with Gasteiger partial charge in [-0.05, 0) is 55.3 Å². The number of fused-ring (bicyclic) bond motifs is 1. The van der Waals surface area contributed by atoms with Crippen molar-refractivity contribution < 1.29 is 10.2 Å². The molecule has 0 saturated heterocycles. The van der Waals surface area contributed by atoms with Crippen LogP contribution >= 0.6 is 0 Å². The minimum Gasteiger partial charge on any atom is -0.393 e. The van der Waals surface area contributed by atoms with Crippen LogP contribution in [0, 0.1) is 28.6 Å². The average Bonchev–Trinajstić information content (AvgIpc) is 2.74. The van der Waals surface area contributed by atoms with Crippen LogP contribution < -0.4 is 0 Å². The Labute approximate surface area is 116 Å². The van der Waals surface area contributed by atoms with Crippen molar-refractivity contribution >= 4 is 0 Å². The van der Waals surface area contributed by atoms with Crippen molar-refractivity contribution in [1.29, 1.82) is 0 Å². The Kier molecular flexibility index (Phi) is 2.93. The third kappa shape index (κ3) is 1.50. The SMILES string of the molecule is C=C1CC[C@@H](C)[C@]12C[C@@H]1C[C@H](O)C[C@@H](C)[C@]1(C)[C@H]2O. The van der Waals surface area contributed by atoms with Crippen molar-refractivity contribution in [3.63, 3.8) is 0 Å². The zero-order chi connectivity index (χ0) is 14.0. The van der Waals surface area contributed by atoms with E-state index in [1.54, 1.807) is 0 Å². The van der Waals surface area contributed by atoms with E-state index in [0.717, 1.165) is 32.1 Å². The first-order chi connectivity index (χ1) is 8.83. The Morgan fingerprint density at radius 2 is 1.84 bits per heavy atom. The van der Waals surface area contributed by atoms with Gasteiger partial charge in [-0.15, -0.1) is 0 Å². The van der Waals surface area contributed by atoms with Crippen LogP contribution in [-0.4, -0.2) is 22.4 Å². The quantitative estimate of drug-likeness (QED) is 0.660. The summed E-state index contributed by atoms with van der Waals surface area (Å²) >= 11 is 0. The van der Waals surface area contributed by atoms with Crippen molar-refractivity contribution in [3.8, 4) is 0 Å². The molecule has 0 aromatic rings. The molecule has 3 fully saturated rings. The van der Waals surface area contributed by atoms with Gasteiger partial charge in [0.05, 0.1) is 12.2 Å². The maximum Gasteiger partial charge on any atom is 0.0694 e. The lowest BCUT2D eigenvalue weighted by Crippen LogP contribution is -2.48. The Morgan fingerprint density at radius 3 is 2.42 bits per heavy atom. The molecule has 2 N–H and O–H groups in total. The fourth-order valence-electron chi connectivity index (χ4n) is 5.65. The molecule has 0 unspecified atom stereocenters. The Balaban J connectivity index is 2.03. The van der Waals surface area contributed by atoms with Gasteiger partial charge in [-0.3, -0.25) is 0 Å². The molecule has 0 aromatic carbocycles. The van der Waals surface area contributed by atoms with Gasteiger partial charge in [0.1, 0.15) is 0 Å². The minimum atomic E-state index is -0.280. The summed E-state index contributed by atoms with van der Waals surface area (Å²) in [6.45, 7) is 11.0. The summed E-state index contributed by atoms with van der Waals surface area (Å²) in [4.78, 5) is 0. The summed E-state index contributed by atoms with van der Waals surface area (Å²) in [5.74, 6) is 1.36. The van der Waals surface area contributed by atoms with Gasteiger partial charge >= 0.3 is 0 Å². The lowest BCUT2D eigenvalue weighted by Gasteiger charge is -2.47. The van der Waals surface area contributed by atoms with Crippen molar-refractivity contribution in [2.75, 3.05) is 0 Å². The fourth-order valence-corrected chi connectivity index (χ4v) is 5.65. The molecule has 0 aliphatic heterocycles. The van der Waals surface area contributed by atoms with Crippen molar-refractivity contribution in [2.24, 2.45) is 28.6 Å². The number of aliphatic hydroxyl groups is 2. The van der Waals surface area contributed by atoms with E-state index in [2.05, 4.69) is 27.4 Å². The van der Waals surface area contributed by atoms with Gasteiger partial charge in [-0.2, -0.15) is 0 Å². The van der Waals surface area contributed by atoms with Crippen LogP contribution in [0.1, 0.15) is 52.9 Å². The van der Waals surface area contributed by atoms with Crippen molar-refractivity contribution in [3.05, 3.63) is 12.2 Å². The molecule has 0 heterocycles. The first kappa shape index (κ1) is 13.6. The zero-order valence-electron chi connectivity index (χ0n) is 12.5. The molecule has 3 saturated carbocycles. The summed E-state index contributed by atoms with van der Waals surface area (Å²) in [5.41, 5.74) is 1.16. The predicted molar refractivity (Wildman–Crippen MR) is 76.6 cm³/mol. The highest BCUT2D eigenvalue weighted by Gasteiger charge is 2.66. The van der Waals surface area contributed by atoms with E-state index in [-0.39, 0.29) is 23.0 Å². The van der Waals surface area contributed by atoms with Crippen LogP contribution in [0.5, 0.6) is 0 Å². The maximum atomic E-state index is 11.2. The van der Waals surface area contributed by atoms with Crippen molar-refractivity contribution in [2.45, 2.75) is 65.1 Å². The maximum absolute atomic E-state index is 11.2. The van der Waals surface area contributed by atoms with E-state index < -0.39 is 0 Å². The Hall–Kier alpha value is -0.340. The average molecular weight is 264 g/mol. The number of hydrogen-bond acceptors (Lipinski definition) is 2. The molecule has 0 bridgehead atoms. The third-order valence-corrected chi connectivity index (χ3v) is 7.20. The van der Waals surface area contributed by atoms with E-state index >= 15 is 0 Å². The lowest BCUT2D eigenvalue weighted by atomic mass is 9.60. The Bertz CT molecular complexity index is 404. The zero-order valence-corrected chi connectivity index (χ0v) is 12.5. The molecule has 3 rings (SSSR count). The van der Waals surface area contributed by atoms with Gasteiger partial charge in [0, 0.05) is 5.41 Å². The highest BCUT2D eigenvalue weighted by Crippen LogP contribution is 2.68. The second kappa shape index (κ2) is 4.08. The van der Waals surface area contributed by atoms with Crippen molar-refractivity contribution in [1.82, 2.24) is 0 Å². The van der Waals surface area contributed by atoms with Gasteiger partial charge in [-0.25, -0.2) is 0 Å².